The highest BCUT2D eigenvalue weighted by Crippen LogP contribution is 2.28. The van der Waals surface area contributed by atoms with E-state index >= 15 is 0 Å². The Morgan fingerprint density at radius 2 is 2.36 bits per heavy atom. The Balaban J connectivity index is 2.95. The number of methoxy groups -OCH3 is 1. The van der Waals surface area contributed by atoms with Crippen molar-refractivity contribution in [2.75, 3.05) is 7.11 Å². The van der Waals surface area contributed by atoms with Crippen molar-refractivity contribution in [3.05, 3.63) is 28.2 Å². The van der Waals surface area contributed by atoms with Gasteiger partial charge in [0.15, 0.2) is 0 Å². The van der Waals surface area contributed by atoms with Crippen molar-refractivity contribution in [3.8, 4) is 11.8 Å². The number of hydrogen-bond acceptors (Lipinski definition) is 3. The number of benzene rings is 1. The molecule has 0 amide bonds. The van der Waals surface area contributed by atoms with E-state index in [4.69, 9.17) is 10.00 Å². The SMILES string of the molecule is COc1cc(C(O)CC#N)ccc1Br. The summed E-state index contributed by atoms with van der Waals surface area (Å²) in [6.45, 7) is 0. The Bertz CT molecular complexity index is 360. The van der Waals surface area contributed by atoms with Crippen LogP contribution in [-0.4, -0.2) is 12.2 Å². The van der Waals surface area contributed by atoms with Gasteiger partial charge < -0.3 is 9.84 Å². The fraction of sp³-hybridized carbons (Fsp3) is 0.300. The molecule has 1 aromatic carbocycles. The molecule has 1 N–H and O–H groups in total. The number of rotatable bonds is 3. The minimum atomic E-state index is -0.748. The van der Waals surface area contributed by atoms with Gasteiger partial charge >= 0.3 is 0 Å². The highest BCUT2D eigenvalue weighted by molar-refractivity contribution is 9.10. The van der Waals surface area contributed by atoms with E-state index in [1.165, 1.54) is 0 Å². The molecule has 14 heavy (non-hydrogen) atoms. The highest BCUT2D eigenvalue weighted by atomic mass is 79.9. The highest BCUT2D eigenvalue weighted by Gasteiger charge is 2.09. The largest absolute Gasteiger partial charge is 0.496 e. The second-order valence-electron chi connectivity index (χ2n) is 2.77. The van der Waals surface area contributed by atoms with Crippen molar-refractivity contribution in [2.24, 2.45) is 0 Å². The summed E-state index contributed by atoms with van der Waals surface area (Å²) in [5, 5.41) is 18.0. The van der Waals surface area contributed by atoms with Crippen LogP contribution in [0.5, 0.6) is 5.75 Å². The van der Waals surface area contributed by atoms with Gasteiger partial charge in [-0.2, -0.15) is 5.26 Å². The van der Waals surface area contributed by atoms with Crippen molar-refractivity contribution >= 4 is 15.9 Å². The van der Waals surface area contributed by atoms with E-state index in [0.717, 1.165) is 4.47 Å². The molecule has 1 atom stereocenters. The number of hydrogen-bond donors (Lipinski definition) is 1. The molecule has 0 bridgehead atoms. The van der Waals surface area contributed by atoms with Gasteiger partial charge in [-0.05, 0) is 33.6 Å². The molecule has 4 heteroatoms. The summed E-state index contributed by atoms with van der Waals surface area (Å²) >= 11 is 3.31. The predicted octanol–water partition coefficient (Wildman–Crippen LogP) is 2.40. The maximum absolute atomic E-state index is 9.54. The van der Waals surface area contributed by atoms with Crippen LogP contribution in [0.25, 0.3) is 0 Å². The van der Waals surface area contributed by atoms with Gasteiger partial charge in [-0.15, -0.1) is 0 Å². The molecule has 0 saturated carbocycles. The van der Waals surface area contributed by atoms with Crippen LogP contribution in [0.1, 0.15) is 18.1 Å². The fourth-order valence-electron chi connectivity index (χ4n) is 1.09. The molecule has 1 aromatic rings. The van der Waals surface area contributed by atoms with Crippen molar-refractivity contribution in [1.82, 2.24) is 0 Å². The first kappa shape index (κ1) is 11.0. The lowest BCUT2D eigenvalue weighted by Crippen LogP contribution is -1.96. The van der Waals surface area contributed by atoms with Crippen LogP contribution in [0.2, 0.25) is 0 Å². The number of ether oxygens (including phenoxy) is 1. The first-order chi connectivity index (χ1) is 6.69. The summed E-state index contributed by atoms with van der Waals surface area (Å²) in [5.41, 5.74) is 0.687. The maximum Gasteiger partial charge on any atom is 0.133 e. The smallest absolute Gasteiger partial charge is 0.133 e. The van der Waals surface area contributed by atoms with Crippen molar-refractivity contribution < 1.29 is 9.84 Å². The molecule has 0 aliphatic heterocycles. The molecule has 1 rings (SSSR count). The second-order valence-corrected chi connectivity index (χ2v) is 3.63. The number of aliphatic hydroxyl groups is 1. The van der Waals surface area contributed by atoms with Crippen LogP contribution in [0.15, 0.2) is 22.7 Å². The van der Waals surface area contributed by atoms with Gasteiger partial charge in [-0.25, -0.2) is 0 Å². The van der Waals surface area contributed by atoms with E-state index in [-0.39, 0.29) is 6.42 Å². The summed E-state index contributed by atoms with van der Waals surface area (Å²) in [5.74, 6) is 0.652. The average Bonchev–Trinajstić information content (AvgIpc) is 2.19. The quantitative estimate of drug-likeness (QED) is 0.903. The number of halogens is 1. The minimum Gasteiger partial charge on any atom is -0.496 e. The zero-order valence-electron chi connectivity index (χ0n) is 7.70. The average molecular weight is 256 g/mol. The maximum atomic E-state index is 9.54. The molecule has 0 spiro atoms. The van der Waals surface area contributed by atoms with Crippen molar-refractivity contribution in [1.29, 1.82) is 5.26 Å². The van der Waals surface area contributed by atoms with Gasteiger partial charge in [-0.1, -0.05) is 6.07 Å². The van der Waals surface area contributed by atoms with E-state index in [0.29, 0.717) is 11.3 Å². The normalized spacial score (nSPS) is 11.9. The van der Waals surface area contributed by atoms with Gasteiger partial charge in [0, 0.05) is 0 Å². The van der Waals surface area contributed by atoms with Crippen LogP contribution in [0, 0.1) is 11.3 Å². The Hall–Kier alpha value is -1.05. The zero-order valence-corrected chi connectivity index (χ0v) is 9.28. The molecule has 0 fully saturated rings. The van der Waals surface area contributed by atoms with Gasteiger partial charge in [0.2, 0.25) is 0 Å². The van der Waals surface area contributed by atoms with Gasteiger partial charge in [0.1, 0.15) is 5.75 Å². The third-order valence-electron chi connectivity index (χ3n) is 1.84. The molecular formula is C10H10BrNO2. The molecule has 0 saturated heterocycles. The molecular weight excluding hydrogens is 246 g/mol. The number of nitrogens with zero attached hydrogens (tertiary/aromatic N) is 1. The lowest BCUT2D eigenvalue weighted by Gasteiger charge is -2.09. The number of nitriles is 1. The summed E-state index contributed by atoms with van der Waals surface area (Å²) in [7, 11) is 1.56. The number of aliphatic hydroxyl groups excluding tert-OH is 1. The molecule has 3 nitrogen and oxygen atoms in total. The Kier molecular flexibility index (Phi) is 3.93. The summed E-state index contributed by atoms with van der Waals surface area (Å²) in [4.78, 5) is 0. The minimum absolute atomic E-state index is 0.0881. The topological polar surface area (TPSA) is 53.2 Å². The molecule has 0 aliphatic carbocycles. The zero-order chi connectivity index (χ0) is 10.6. The summed E-state index contributed by atoms with van der Waals surface area (Å²) < 4.78 is 5.90. The van der Waals surface area contributed by atoms with Gasteiger partial charge in [-0.3, -0.25) is 0 Å². The lowest BCUT2D eigenvalue weighted by atomic mass is 10.1. The Morgan fingerprint density at radius 1 is 1.64 bits per heavy atom. The second kappa shape index (κ2) is 4.99. The molecule has 74 valence electrons. The van der Waals surface area contributed by atoms with Crippen LogP contribution in [0.3, 0.4) is 0 Å². The van der Waals surface area contributed by atoms with Crippen molar-refractivity contribution in [3.63, 3.8) is 0 Å². The van der Waals surface area contributed by atoms with Crippen LogP contribution >= 0.6 is 15.9 Å². The fourth-order valence-corrected chi connectivity index (χ4v) is 1.50. The van der Waals surface area contributed by atoms with E-state index in [2.05, 4.69) is 15.9 Å². The molecule has 0 radical (unpaired) electrons. The van der Waals surface area contributed by atoms with E-state index in [1.807, 2.05) is 6.07 Å². The Labute approximate surface area is 91.1 Å². The van der Waals surface area contributed by atoms with Crippen LogP contribution in [0.4, 0.5) is 0 Å². The predicted molar refractivity (Wildman–Crippen MR) is 55.9 cm³/mol. The summed E-state index contributed by atoms with van der Waals surface area (Å²) in [6, 6.07) is 7.17. The third kappa shape index (κ3) is 2.47. The lowest BCUT2D eigenvalue weighted by molar-refractivity contribution is 0.183. The van der Waals surface area contributed by atoms with E-state index in [1.54, 1.807) is 25.3 Å². The van der Waals surface area contributed by atoms with E-state index in [9.17, 15) is 5.11 Å². The standard InChI is InChI=1S/C10H10BrNO2/c1-14-10-6-7(2-3-8(10)11)9(13)4-5-12/h2-3,6,9,13H,4H2,1H3. The molecule has 0 aromatic heterocycles. The Morgan fingerprint density at radius 3 is 2.93 bits per heavy atom. The van der Waals surface area contributed by atoms with Crippen LogP contribution in [-0.2, 0) is 0 Å². The first-order valence-electron chi connectivity index (χ1n) is 4.07. The molecule has 0 heterocycles. The van der Waals surface area contributed by atoms with Crippen molar-refractivity contribution in [2.45, 2.75) is 12.5 Å². The van der Waals surface area contributed by atoms with Gasteiger partial charge in [0.05, 0.1) is 30.2 Å². The van der Waals surface area contributed by atoms with E-state index < -0.39 is 6.10 Å². The third-order valence-corrected chi connectivity index (χ3v) is 2.50. The molecule has 1 unspecified atom stereocenters. The van der Waals surface area contributed by atoms with Crippen LogP contribution < -0.4 is 4.74 Å². The molecule has 0 aliphatic rings. The summed E-state index contributed by atoms with van der Waals surface area (Å²) in [6.07, 6.45) is -0.660. The monoisotopic (exact) mass is 255 g/mol. The first-order valence-corrected chi connectivity index (χ1v) is 4.86. The van der Waals surface area contributed by atoms with Gasteiger partial charge in [0.25, 0.3) is 0 Å².